The monoisotopic (exact) mass is 292 g/mol. The van der Waals surface area contributed by atoms with Crippen LogP contribution in [0.15, 0.2) is 29.6 Å². The smallest absolute Gasteiger partial charge is 0.129 e. The molecule has 1 fully saturated rings. The zero-order valence-electron chi connectivity index (χ0n) is 11.1. The lowest BCUT2D eigenvalue weighted by molar-refractivity contribution is 0.169. The third-order valence-electron chi connectivity index (χ3n) is 3.40. The number of nitrogens with one attached hydrogen (secondary N) is 1. The molecule has 1 aromatic heterocycles. The van der Waals surface area contributed by atoms with Crippen molar-refractivity contribution in [2.24, 2.45) is 0 Å². The van der Waals surface area contributed by atoms with E-state index in [0.29, 0.717) is 24.6 Å². The summed E-state index contributed by atoms with van der Waals surface area (Å²) in [6, 6.07) is 6.31. The summed E-state index contributed by atoms with van der Waals surface area (Å²) in [5.41, 5.74) is 1.33. The van der Waals surface area contributed by atoms with Crippen LogP contribution in [-0.4, -0.2) is 16.6 Å². The number of aliphatic hydroxyl groups excluding tert-OH is 1. The van der Waals surface area contributed by atoms with Crippen LogP contribution in [0.1, 0.15) is 41.1 Å². The minimum absolute atomic E-state index is 0.317. The molecule has 1 heterocycles. The highest BCUT2D eigenvalue weighted by atomic mass is 32.1. The maximum Gasteiger partial charge on any atom is 0.129 e. The summed E-state index contributed by atoms with van der Waals surface area (Å²) in [4.78, 5) is 4.56. The van der Waals surface area contributed by atoms with E-state index in [1.807, 2.05) is 0 Å². The molecular weight excluding hydrogens is 275 g/mol. The third-order valence-corrected chi connectivity index (χ3v) is 4.46. The van der Waals surface area contributed by atoms with Gasteiger partial charge in [-0.25, -0.2) is 9.37 Å². The minimum Gasteiger partial charge on any atom is -0.387 e. The largest absolute Gasteiger partial charge is 0.387 e. The number of halogens is 1. The van der Waals surface area contributed by atoms with Crippen LogP contribution in [0.4, 0.5) is 4.39 Å². The summed E-state index contributed by atoms with van der Waals surface area (Å²) in [5, 5.41) is 16.4. The molecule has 0 aliphatic heterocycles. The molecule has 1 aliphatic rings. The predicted molar refractivity (Wildman–Crippen MR) is 77.2 cm³/mol. The van der Waals surface area contributed by atoms with Crippen LogP contribution >= 0.6 is 11.3 Å². The molecule has 5 heteroatoms. The number of aliphatic hydroxyl groups is 1. The van der Waals surface area contributed by atoms with Gasteiger partial charge in [-0.3, -0.25) is 0 Å². The van der Waals surface area contributed by atoms with Gasteiger partial charge in [-0.15, -0.1) is 11.3 Å². The Labute approximate surface area is 121 Å². The first kappa shape index (κ1) is 13.7. The van der Waals surface area contributed by atoms with E-state index < -0.39 is 6.10 Å². The van der Waals surface area contributed by atoms with E-state index in [9.17, 15) is 9.50 Å². The normalized spacial score (nSPS) is 16.3. The van der Waals surface area contributed by atoms with Crippen molar-refractivity contribution in [1.82, 2.24) is 10.3 Å². The molecule has 0 radical (unpaired) electrons. The van der Waals surface area contributed by atoms with Crippen molar-refractivity contribution >= 4 is 11.3 Å². The Hall–Kier alpha value is -1.30. The van der Waals surface area contributed by atoms with Crippen LogP contribution in [0.5, 0.6) is 0 Å². The van der Waals surface area contributed by atoms with E-state index in [1.54, 1.807) is 29.5 Å². The van der Waals surface area contributed by atoms with Gasteiger partial charge in [-0.2, -0.15) is 0 Å². The van der Waals surface area contributed by atoms with Gasteiger partial charge < -0.3 is 10.4 Å². The first-order chi connectivity index (χ1) is 9.74. The second-order valence-corrected chi connectivity index (χ2v) is 6.01. The Bertz CT molecular complexity index is 583. The van der Waals surface area contributed by atoms with Crippen molar-refractivity contribution in [3.05, 3.63) is 51.7 Å². The highest BCUT2D eigenvalue weighted by Crippen LogP contribution is 2.41. The Morgan fingerprint density at radius 3 is 2.95 bits per heavy atom. The van der Waals surface area contributed by atoms with Gasteiger partial charge in [-0.05, 0) is 18.9 Å². The molecule has 1 saturated carbocycles. The second-order valence-electron chi connectivity index (χ2n) is 5.12. The molecule has 2 N–H and O–H groups in total. The predicted octanol–water partition coefficient (Wildman–Crippen LogP) is 2.98. The lowest BCUT2D eigenvalue weighted by Crippen LogP contribution is -2.21. The Balaban J connectivity index is 1.50. The fraction of sp³-hybridized carbons (Fsp3) is 0.400. The maximum atomic E-state index is 13.5. The lowest BCUT2D eigenvalue weighted by atomic mass is 10.1. The van der Waals surface area contributed by atoms with Gasteiger partial charge in [0.1, 0.15) is 5.82 Å². The molecule has 0 bridgehead atoms. The van der Waals surface area contributed by atoms with Crippen molar-refractivity contribution < 1.29 is 9.50 Å². The minimum atomic E-state index is -0.835. The summed E-state index contributed by atoms with van der Waals surface area (Å²) in [6.45, 7) is 0.923. The number of hydrogen-bond acceptors (Lipinski definition) is 4. The number of aromatic nitrogens is 1. The molecule has 3 nitrogen and oxygen atoms in total. The second kappa shape index (κ2) is 5.99. The van der Waals surface area contributed by atoms with E-state index >= 15 is 0 Å². The van der Waals surface area contributed by atoms with Crippen LogP contribution in [0.2, 0.25) is 0 Å². The first-order valence-corrected chi connectivity index (χ1v) is 7.69. The van der Waals surface area contributed by atoms with E-state index in [2.05, 4.69) is 15.7 Å². The van der Waals surface area contributed by atoms with Gasteiger partial charge in [0.15, 0.2) is 0 Å². The highest BCUT2D eigenvalue weighted by molar-refractivity contribution is 7.09. The van der Waals surface area contributed by atoms with Gasteiger partial charge in [0.25, 0.3) is 0 Å². The number of benzene rings is 1. The van der Waals surface area contributed by atoms with Crippen molar-refractivity contribution in [1.29, 1.82) is 0 Å². The van der Waals surface area contributed by atoms with Crippen molar-refractivity contribution in [3.63, 3.8) is 0 Å². The molecule has 1 aliphatic carbocycles. The van der Waals surface area contributed by atoms with Crippen LogP contribution in [0, 0.1) is 5.82 Å². The summed E-state index contributed by atoms with van der Waals surface area (Å²) >= 11 is 1.70. The summed E-state index contributed by atoms with van der Waals surface area (Å²) < 4.78 is 13.5. The number of thiazole rings is 1. The standard InChI is InChI=1S/C15H17FN2OS/c16-13-4-2-1-3-12(13)14(19)8-17-7-11-9-20-15(18-11)10-5-6-10/h1-4,9-10,14,17,19H,5-8H2. The Kier molecular flexibility index (Phi) is 4.10. The molecule has 20 heavy (non-hydrogen) atoms. The Morgan fingerprint density at radius 2 is 2.20 bits per heavy atom. The third kappa shape index (κ3) is 3.23. The number of nitrogens with zero attached hydrogens (tertiary/aromatic N) is 1. The SMILES string of the molecule is OC(CNCc1csc(C2CC2)n1)c1ccccc1F. The molecule has 106 valence electrons. The number of rotatable bonds is 6. The topological polar surface area (TPSA) is 45.1 Å². The molecule has 0 amide bonds. The van der Waals surface area contributed by atoms with E-state index in [0.717, 1.165) is 5.69 Å². The zero-order chi connectivity index (χ0) is 13.9. The molecule has 1 aromatic carbocycles. The van der Waals surface area contributed by atoms with E-state index in [1.165, 1.54) is 23.9 Å². The number of hydrogen-bond donors (Lipinski definition) is 2. The lowest BCUT2D eigenvalue weighted by Gasteiger charge is -2.12. The maximum absolute atomic E-state index is 13.5. The van der Waals surface area contributed by atoms with Gasteiger partial charge >= 0.3 is 0 Å². The Morgan fingerprint density at radius 1 is 1.40 bits per heavy atom. The van der Waals surface area contributed by atoms with Gasteiger partial charge in [-0.1, -0.05) is 18.2 Å². The molecular formula is C15H17FN2OS. The van der Waals surface area contributed by atoms with E-state index in [4.69, 9.17) is 0 Å². The van der Waals surface area contributed by atoms with Crippen LogP contribution in [-0.2, 0) is 6.54 Å². The fourth-order valence-electron chi connectivity index (χ4n) is 2.11. The van der Waals surface area contributed by atoms with Crippen molar-refractivity contribution in [3.8, 4) is 0 Å². The molecule has 3 rings (SSSR count). The van der Waals surface area contributed by atoms with Gasteiger partial charge in [0.2, 0.25) is 0 Å². The molecule has 1 unspecified atom stereocenters. The molecule has 2 aromatic rings. The summed E-state index contributed by atoms with van der Waals surface area (Å²) in [7, 11) is 0. The van der Waals surface area contributed by atoms with Crippen molar-refractivity contribution in [2.75, 3.05) is 6.54 Å². The van der Waals surface area contributed by atoms with Crippen LogP contribution in [0.25, 0.3) is 0 Å². The average molecular weight is 292 g/mol. The fourth-order valence-corrected chi connectivity index (χ4v) is 3.10. The van der Waals surface area contributed by atoms with Gasteiger partial charge in [0, 0.05) is 30.0 Å². The molecule has 1 atom stereocenters. The quantitative estimate of drug-likeness (QED) is 0.860. The summed E-state index contributed by atoms with van der Waals surface area (Å²) in [6.07, 6.45) is 1.68. The van der Waals surface area contributed by atoms with Crippen molar-refractivity contribution in [2.45, 2.75) is 31.4 Å². The molecule has 0 saturated heterocycles. The van der Waals surface area contributed by atoms with Crippen LogP contribution in [0.3, 0.4) is 0 Å². The highest BCUT2D eigenvalue weighted by Gasteiger charge is 2.26. The molecule has 0 spiro atoms. The zero-order valence-corrected chi connectivity index (χ0v) is 11.9. The first-order valence-electron chi connectivity index (χ1n) is 6.81. The van der Waals surface area contributed by atoms with E-state index in [-0.39, 0.29) is 5.82 Å². The average Bonchev–Trinajstić information content (AvgIpc) is 3.19. The summed E-state index contributed by atoms with van der Waals surface area (Å²) in [5.74, 6) is 0.309. The van der Waals surface area contributed by atoms with Crippen LogP contribution < -0.4 is 5.32 Å². The van der Waals surface area contributed by atoms with Gasteiger partial charge in [0.05, 0.1) is 16.8 Å².